The average Bonchev–Trinajstić information content (AvgIpc) is 2.49. The lowest BCUT2D eigenvalue weighted by molar-refractivity contribution is 0.340. The third-order valence-electron chi connectivity index (χ3n) is 3.21. The average molecular weight is 279 g/mol. The van der Waals surface area contributed by atoms with Crippen LogP contribution in [0.2, 0.25) is 0 Å². The van der Waals surface area contributed by atoms with Crippen molar-refractivity contribution < 1.29 is 4.74 Å². The second-order valence-corrected chi connectivity index (χ2v) is 4.72. The minimum absolute atomic E-state index is 0.670. The summed E-state index contributed by atoms with van der Waals surface area (Å²) in [5.41, 5.74) is 9.40. The molecule has 1 aromatic heterocycles. The van der Waals surface area contributed by atoms with Crippen LogP contribution in [0.4, 0.5) is 17.1 Å². The second kappa shape index (κ2) is 5.71. The van der Waals surface area contributed by atoms with Gasteiger partial charge in [0.05, 0.1) is 12.1 Å². The zero-order valence-electron chi connectivity index (χ0n) is 11.8. The summed E-state index contributed by atoms with van der Waals surface area (Å²) in [5.74, 6) is 0.871. The van der Waals surface area contributed by atoms with E-state index in [-0.39, 0.29) is 0 Å². The Morgan fingerprint density at radius 2 is 1.90 bits per heavy atom. The maximum atomic E-state index is 5.80. The van der Waals surface area contributed by atoms with E-state index < -0.39 is 0 Å². The van der Waals surface area contributed by atoms with Crippen LogP contribution < -0.4 is 15.8 Å². The molecular formula is C17H17N3O. The van der Waals surface area contributed by atoms with Gasteiger partial charge in [-0.2, -0.15) is 0 Å². The lowest BCUT2D eigenvalue weighted by Gasteiger charge is -2.10. The number of nitrogens with one attached hydrogen (secondary N) is 1. The summed E-state index contributed by atoms with van der Waals surface area (Å²) < 4.78 is 5.44. The number of nitrogen functional groups attached to an aromatic ring is 1. The Kier molecular flexibility index (Phi) is 3.60. The number of nitrogens with zero attached hydrogens (tertiary/aromatic N) is 1. The fourth-order valence-electron chi connectivity index (χ4n) is 2.23. The summed E-state index contributed by atoms with van der Waals surface area (Å²) in [6.45, 7) is 2.64. The first-order valence-corrected chi connectivity index (χ1v) is 6.90. The summed E-state index contributed by atoms with van der Waals surface area (Å²) in [4.78, 5) is 4.34. The van der Waals surface area contributed by atoms with Crippen LogP contribution in [-0.2, 0) is 0 Å². The number of rotatable bonds is 4. The van der Waals surface area contributed by atoms with Crippen LogP contribution in [-0.4, -0.2) is 11.6 Å². The molecule has 0 aliphatic carbocycles. The van der Waals surface area contributed by atoms with Gasteiger partial charge in [0.25, 0.3) is 0 Å². The normalized spacial score (nSPS) is 10.5. The summed E-state index contributed by atoms with van der Waals surface area (Å²) in [6, 6.07) is 15.6. The van der Waals surface area contributed by atoms with E-state index in [2.05, 4.69) is 10.3 Å². The molecular weight excluding hydrogens is 262 g/mol. The maximum Gasteiger partial charge on any atom is 0.119 e. The summed E-state index contributed by atoms with van der Waals surface area (Å²) in [5, 5.41) is 4.44. The number of anilines is 3. The topological polar surface area (TPSA) is 60.2 Å². The zero-order valence-corrected chi connectivity index (χ0v) is 11.8. The summed E-state index contributed by atoms with van der Waals surface area (Å²) in [6.07, 6.45) is 1.78. The van der Waals surface area contributed by atoms with Gasteiger partial charge < -0.3 is 15.8 Å². The number of benzene rings is 2. The van der Waals surface area contributed by atoms with Gasteiger partial charge in [-0.15, -0.1) is 0 Å². The number of hydrogen-bond donors (Lipinski definition) is 2. The van der Waals surface area contributed by atoms with Crippen LogP contribution in [0.25, 0.3) is 10.9 Å². The molecule has 0 spiro atoms. The van der Waals surface area contributed by atoms with Gasteiger partial charge >= 0.3 is 0 Å². The van der Waals surface area contributed by atoms with Gasteiger partial charge in [-0.25, -0.2) is 0 Å². The van der Waals surface area contributed by atoms with Gasteiger partial charge in [0.15, 0.2) is 0 Å². The molecule has 3 N–H and O–H groups in total. The first-order chi connectivity index (χ1) is 10.3. The van der Waals surface area contributed by atoms with Gasteiger partial charge in [-0.1, -0.05) is 0 Å². The Balaban J connectivity index is 1.90. The quantitative estimate of drug-likeness (QED) is 0.710. The Hall–Kier alpha value is -2.75. The Morgan fingerprint density at radius 1 is 1.10 bits per heavy atom. The number of pyridine rings is 1. The molecule has 0 aliphatic rings. The summed E-state index contributed by atoms with van der Waals surface area (Å²) in [7, 11) is 0. The molecule has 0 unspecified atom stereocenters. The number of ether oxygens (including phenoxy) is 1. The molecule has 0 aliphatic heterocycles. The van der Waals surface area contributed by atoms with Crippen LogP contribution in [0.1, 0.15) is 6.92 Å². The van der Waals surface area contributed by atoms with E-state index in [9.17, 15) is 0 Å². The Labute approximate surface area is 123 Å². The number of fused-ring (bicyclic) bond motifs is 1. The molecule has 1 heterocycles. The molecule has 2 aromatic carbocycles. The highest BCUT2D eigenvalue weighted by molar-refractivity contribution is 5.94. The standard InChI is InChI=1S/C17H17N3O/c1-2-21-14-6-4-13(5-7-14)20-16-9-10-19-17-11-12(18)3-8-15(16)17/h3-11H,2,18H2,1H3,(H,19,20). The van der Waals surface area contributed by atoms with Crippen molar-refractivity contribution in [1.82, 2.24) is 4.98 Å². The first-order valence-electron chi connectivity index (χ1n) is 6.90. The predicted octanol–water partition coefficient (Wildman–Crippen LogP) is 3.96. The highest BCUT2D eigenvalue weighted by Crippen LogP contribution is 2.27. The molecule has 0 bridgehead atoms. The zero-order chi connectivity index (χ0) is 14.7. The molecule has 106 valence electrons. The molecule has 3 aromatic rings. The Bertz CT molecular complexity index is 754. The third kappa shape index (κ3) is 2.89. The van der Waals surface area contributed by atoms with Crippen molar-refractivity contribution in [3.63, 3.8) is 0 Å². The summed E-state index contributed by atoms with van der Waals surface area (Å²) >= 11 is 0. The Morgan fingerprint density at radius 3 is 2.67 bits per heavy atom. The van der Waals surface area contributed by atoms with E-state index in [0.717, 1.165) is 28.0 Å². The lowest BCUT2D eigenvalue weighted by atomic mass is 10.1. The molecule has 0 saturated carbocycles. The van der Waals surface area contributed by atoms with Crippen molar-refractivity contribution in [2.75, 3.05) is 17.7 Å². The maximum absolute atomic E-state index is 5.80. The van der Waals surface area contributed by atoms with Gasteiger partial charge in [-0.05, 0) is 55.5 Å². The molecule has 21 heavy (non-hydrogen) atoms. The first kappa shape index (κ1) is 13.2. The number of nitrogens with two attached hydrogens (primary N) is 1. The monoisotopic (exact) mass is 279 g/mol. The van der Waals surface area contributed by atoms with Gasteiger partial charge in [0.1, 0.15) is 5.75 Å². The number of aromatic nitrogens is 1. The second-order valence-electron chi connectivity index (χ2n) is 4.72. The fourth-order valence-corrected chi connectivity index (χ4v) is 2.23. The largest absolute Gasteiger partial charge is 0.494 e. The van der Waals surface area contributed by atoms with Crippen molar-refractivity contribution >= 4 is 28.0 Å². The molecule has 0 fully saturated rings. The highest BCUT2D eigenvalue weighted by atomic mass is 16.5. The lowest BCUT2D eigenvalue weighted by Crippen LogP contribution is -1.95. The van der Waals surface area contributed by atoms with Crippen LogP contribution in [0.15, 0.2) is 54.7 Å². The third-order valence-corrected chi connectivity index (χ3v) is 3.21. The minimum Gasteiger partial charge on any atom is -0.494 e. The van der Waals surface area contributed by atoms with E-state index in [1.54, 1.807) is 6.20 Å². The fraction of sp³-hybridized carbons (Fsp3) is 0.118. The van der Waals surface area contributed by atoms with Gasteiger partial charge in [0, 0.05) is 28.6 Å². The molecule has 4 nitrogen and oxygen atoms in total. The SMILES string of the molecule is CCOc1ccc(Nc2ccnc3cc(N)ccc23)cc1. The van der Waals surface area contributed by atoms with Crippen LogP contribution in [0.3, 0.4) is 0 Å². The molecule has 0 radical (unpaired) electrons. The van der Waals surface area contributed by atoms with Crippen molar-refractivity contribution in [2.45, 2.75) is 6.92 Å². The molecule has 0 atom stereocenters. The van der Waals surface area contributed by atoms with Crippen LogP contribution in [0.5, 0.6) is 5.75 Å². The predicted molar refractivity (Wildman–Crippen MR) is 87.0 cm³/mol. The van der Waals surface area contributed by atoms with E-state index in [1.165, 1.54) is 0 Å². The molecule has 4 heteroatoms. The highest BCUT2D eigenvalue weighted by Gasteiger charge is 2.03. The van der Waals surface area contributed by atoms with Gasteiger partial charge in [0.2, 0.25) is 0 Å². The van der Waals surface area contributed by atoms with E-state index >= 15 is 0 Å². The van der Waals surface area contributed by atoms with E-state index in [0.29, 0.717) is 12.3 Å². The van der Waals surface area contributed by atoms with Gasteiger partial charge in [-0.3, -0.25) is 4.98 Å². The van der Waals surface area contributed by atoms with E-state index in [1.807, 2.05) is 55.5 Å². The van der Waals surface area contributed by atoms with E-state index in [4.69, 9.17) is 10.5 Å². The number of hydrogen-bond acceptors (Lipinski definition) is 4. The van der Waals surface area contributed by atoms with Crippen molar-refractivity contribution in [1.29, 1.82) is 0 Å². The van der Waals surface area contributed by atoms with Crippen molar-refractivity contribution in [3.8, 4) is 5.75 Å². The minimum atomic E-state index is 0.670. The molecule has 3 rings (SSSR count). The van der Waals surface area contributed by atoms with Crippen molar-refractivity contribution in [2.24, 2.45) is 0 Å². The van der Waals surface area contributed by atoms with Crippen molar-refractivity contribution in [3.05, 3.63) is 54.7 Å². The van der Waals surface area contributed by atoms with Crippen LogP contribution in [0, 0.1) is 0 Å². The molecule has 0 saturated heterocycles. The smallest absolute Gasteiger partial charge is 0.119 e. The van der Waals surface area contributed by atoms with Crippen LogP contribution >= 0.6 is 0 Å². The molecule has 0 amide bonds.